The molecule has 1 aromatic carbocycles. The van der Waals surface area contributed by atoms with Crippen molar-refractivity contribution in [2.24, 2.45) is 0 Å². The first kappa shape index (κ1) is 13.8. The van der Waals surface area contributed by atoms with Crippen molar-refractivity contribution in [3.63, 3.8) is 0 Å². The molecule has 1 amide bonds. The normalized spacial score (nSPS) is 14.4. The van der Waals surface area contributed by atoms with Crippen molar-refractivity contribution in [1.29, 1.82) is 0 Å². The Hall–Kier alpha value is -2.21. The van der Waals surface area contributed by atoms with Gasteiger partial charge in [-0.2, -0.15) is 0 Å². The number of sulfone groups is 1. The van der Waals surface area contributed by atoms with Crippen molar-refractivity contribution in [3.8, 4) is 11.1 Å². The third kappa shape index (κ3) is 2.42. The predicted octanol–water partition coefficient (Wildman–Crippen LogP) is 1.67. The monoisotopic (exact) mass is 302 g/mol. The molecule has 0 atom stereocenters. The number of carbonyl (C=O) groups excluding carboxylic acids is 1. The fraction of sp³-hybridized carbons (Fsp3) is 0.200. The van der Waals surface area contributed by atoms with Gasteiger partial charge in [0, 0.05) is 36.9 Å². The number of rotatable bonds is 2. The fourth-order valence-electron chi connectivity index (χ4n) is 2.43. The maximum atomic E-state index is 11.7. The van der Waals surface area contributed by atoms with Crippen LogP contribution in [0.4, 0.5) is 5.69 Å². The molecule has 1 aromatic heterocycles. The smallest absolute Gasteiger partial charge is 0.231 e. The molecule has 1 aliphatic heterocycles. The molecule has 3 rings (SSSR count). The molecule has 108 valence electrons. The minimum absolute atomic E-state index is 0.0603. The first-order valence-electron chi connectivity index (χ1n) is 6.41. The molecule has 0 N–H and O–H groups in total. The van der Waals surface area contributed by atoms with Gasteiger partial charge in [0.25, 0.3) is 0 Å². The van der Waals surface area contributed by atoms with E-state index >= 15 is 0 Å². The standard InChI is InChI=1S/C15H14N2O3S/c1-17-14-4-3-10(5-11(14)7-15(17)18)12-6-13(9-16-8-12)21(2,19)20/h3-6,8-9H,7H2,1-2H3. The van der Waals surface area contributed by atoms with Crippen molar-refractivity contribution >= 4 is 21.4 Å². The van der Waals surface area contributed by atoms with Gasteiger partial charge < -0.3 is 4.90 Å². The Labute approximate surface area is 123 Å². The minimum atomic E-state index is -3.29. The molecule has 0 radical (unpaired) electrons. The first-order chi connectivity index (χ1) is 9.86. The van der Waals surface area contributed by atoms with Gasteiger partial charge in [0.2, 0.25) is 5.91 Å². The Morgan fingerprint density at radius 2 is 1.90 bits per heavy atom. The Kier molecular flexibility index (Phi) is 3.06. The Morgan fingerprint density at radius 3 is 2.62 bits per heavy atom. The van der Waals surface area contributed by atoms with Gasteiger partial charge in [-0.15, -0.1) is 0 Å². The number of hydrogen-bond acceptors (Lipinski definition) is 4. The van der Waals surface area contributed by atoms with E-state index in [1.54, 1.807) is 24.2 Å². The summed E-state index contributed by atoms with van der Waals surface area (Å²) in [5.74, 6) is 0.0603. The summed E-state index contributed by atoms with van der Waals surface area (Å²) in [7, 11) is -1.54. The maximum Gasteiger partial charge on any atom is 0.231 e. The summed E-state index contributed by atoms with van der Waals surface area (Å²) in [5.41, 5.74) is 3.43. The summed E-state index contributed by atoms with van der Waals surface area (Å²) < 4.78 is 23.2. The molecule has 0 fully saturated rings. The highest BCUT2D eigenvalue weighted by Gasteiger charge is 2.24. The van der Waals surface area contributed by atoms with Crippen LogP contribution < -0.4 is 4.90 Å². The van der Waals surface area contributed by atoms with Crippen LogP contribution in [-0.4, -0.2) is 32.6 Å². The number of benzene rings is 1. The number of anilines is 1. The zero-order valence-electron chi connectivity index (χ0n) is 11.7. The van der Waals surface area contributed by atoms with Crippen molar-refractivity contribution in [2.45, 2.75) is 11.3 Å². The SMILES string of the molecule is CN1C(=O)Cc2cc(-c3cncc(S(C)(=O)=O)c3)ccc21. The second kappa shape index (κ2) is 4.66. The van der Waals surface area contributed by atoms with Gasteiger partial charge in [-0.25, -0.2) is 8.42 Å². The van der Waals surface area contributed by atoms with E-state index in [0.717, 1.165) is 28.6 Å². The van der Waals surface area contributed by atoms with E-state index in [4.69, 9.17) is 0 Å². The van der Waals surface area contributed by atoms with Crippen molar-refractivity contribution in [2.75, 3.05) is 18.2 Å². The number of likely N-dealkylation sites (N-methyl/N-ethyl adjacent to an activating group) is 1. The van der Waals surface area contributed by atoms with E-state index in [0.29, 0.717) is 6.42 Å². The van der Waals surface area contributed by atoms with Crippen LogP contribution in [0.25, 0.3) is 11.1 Å². The highest BCUT2D eigenvalue weighted by atomic mass is 32.2. The lowest BCUT2D eigenvalue weighted by Crippen LogP contribution is -2.20. The average molecular weight is 302 g/mol. The van der Waals surface area contributed by atoms with E-state index in [1.807, 2.05) is 18.2 Å². The molecule has 0 aliphatic carbocycles. The number of carbonyl (C=O) groups is 1. The van der Waals surface area contributed by atoms with Gasteiger partial charge in [0.1, 0.15) is 0 Å². The fourth-order valence-corrected chi connectivity index (χ4v) is 3.02. The van der Waals surface area contributed by atoms with Crippen molar-refractivity contribution < 1.29 is 13.2 Å². The molecule has 0 saturated carbocycles. The lowest BCUT2D eigenvalue weighted by Gasteiger charge is -2.10. The lowest BCUT2D eigenvalue weighted by molar-refractivity contribution is -0.117. The minimum Gasteiger partial charge on any atom is -0.315 e. The Bertz CT molecular complexity index is 844. The van der Waals surface area contributed by atoms with Crippen LogP contribution in [0.15, 0.2) is 41.6 Å². The molecule has 2 heterocycles. The zero-order chi connectivity index (χ0) is 15.2. The zero-order valence-corrected chi connectivity index (χ0v) is 12.5. The van der Waals surface area contributed by atoms with E-state index in [2.05, 4.69) is 4.98 Å². The molecular weight excluding hydrogens is 288 g/mol. The third-order valence-electron chi connectivity index (χ3n) is 3.63. The largest absolute Gasteiger partial charge is 0.315 e. The third-order valence-corrected chi connectivity index (χ3v) is 4.71. The molecule has 5 nitrogen and oxygen atoms in total. The summed E-state index contributed by atoms with van der Waals surface area (Å²) in [5, 5.41) is 0. The number of hydrogen-bond donors (Lipinski definition) is 0. The molecule has 0 saturated heterocycles. The van der Waals surface area contributed by atoms with Crippen molar-refractivity contribution in [1.82, 2.24) is 4.98 Å². The van der Waals surface area contributed by atoms with E-state index in [1.165, 1.54) is 6.20 Å². The van der Waals surface area contributed by atoms with Crippen LogP contribution >= 0.6 is 0 Å². The van der Waals surface area contributed by atoms with Gasteiger partial charge in [-0.05, 0) is 29.3 Å². The molecule has 0 unspecified atom stereocenters. The summed E-state index contributed by atoms with van der Waals surface area (Å²) in [6, 6.07) is 7.27. The van der Waals surface area contributed by atoms with Crippen LogP contribution in [0, 0.1) is 0 Å². The quantitative estimate of drug-likeness (QED) is 0.846. The lowest BCUT2D eigenvalue weighted by atomic mass is 10.0. The van der Waals surface area contributed by atoms with E-state index in [-0.39, 0.29) is 10.8 Å². The van der Waals surface area contributed by atoms with Gasteiger partial charge in [-0.1, -0.05) is 6.07 Å². The highest BCUT2D eigenvalue weighted by Crippen LogP contribution is 2.32. The molecule has 1 aliphatic rings. The van der Waals surface area contributed by atoms with Gasteiger partial charge in [0.05, 0.1) is 11.3 Å². The van der Waals surface area contributed by atoms with Crippen LogP contribution in [0.3, 0.4) is 0 Å². The Balaban J connectivity index is 2.07. The van der Waals surface area contributed by atoms with Crippen molar-refractivity contribution in [3.05, 3.63) is 42.2 Å². The van der Waals surface area contributed by atoms with E-state index < -0.39 is 9.84 Å². The Morgan fingerprint density at radius 1 is 1.14 bits per heavy atom. The maximum absolute atomic E-state index is 11.7. The van der Waals surface area contributed by atoms with Gasteiger partial charge in [0.15, 0.2) is 9.84 Å². The average Bonchev–Trinajstić information content (AvgIpc) is 2.73. The second-order valence-electron chi connectivity index (χ2n) is 5.15. The highest BCUT2D eigenvalue weighted by molar-refractivity contribution is 7.90. The molecule has 6 heteroatoms. The van der Waals surface area contributed by atoms with E-state index in [9.17, 15) is 13.2 Å². The van der Waals surface area contributed by atoms with Gasteiger partial charge in [-0.3, -0.25) is 9.78 Å². The summed E-state index contributed by atoms with van der Waals surface area (Å²) in [6.07, 6.45) is 4.49. The van der Waals surface area contributed by atoms with Crippen LogP contribution in [0.2, 0.25) is 0 Å². The molecular formula is C15H14N2O3S. The topological polar surface area (TPSA) is 67.3 Å². The second-order valence-corrected chi connectivity index (χ2v) is 7.17. The van der Waals surface area contributed by atoms with Crippen LogP contribution in [-0.2, 0) is 21.1 Å². The van der Waals surface area contributed by atoms with Gasteiger partial charge >= 0.3 is 0 Å². The molecule has 21 heavy (non-hydrogen) atoms. The first-order valence-corrected chi connectivity index (χ1v) is 8.30. The number of aromatic nitrogens is 1. The molecule has 2 aromatic rings. The summed E-state index contributed by atoms with van der Waals surface area (Å²) >= 11 is 0. The number of fused-ring (bicyclic) bond motifs is 1. The number of pyridine rings is 1. The van der Waals surface area contributed by atoms with Crippen LogP contribution in [0.5, 0.6) is 0 Å². The summed E-state index contributed by atoms with van der Waals surface area (Å²) in [6.45, 7) is 0. The number of nitrogens with zero attached hydrogens (tertiary/aromatic N) is 2. The molecule has 0 bridgehead atoms. The number of amides is 1. The summed E-state index contributed by atoms with van der Waals surface area (Å²) in [4.78, 5) is 17.5. The predicted molar refractivity (Wildman–Crippen MR) is 79.9 cm³/mol. The van der Waals surface area contributed by atoms with Crippen LogP contribution in [0.1, 0.15) is 5.56 Å². The molecule has 0 spiro atoms.